The number of pyridine rings is 1. The third-order valence-electron chi connectivity index (χ3n) is 5.60. The molecule has 1 aromatic carbocycles. The lowest BCUT2D eigenvalue weighted by atomic mass is 10.0. The van der Waals surface area contributed by atoms with Crippen LogP contribution >= 0.6 is 11.6 Å². The zero-order chi connectivity index (χ0) is 22.9. The number of aromatic nitrogens is 1. The summed E-state index contributed by atoms with van der Waals surface area (Å²) < 4.78 is 16.7. The first kappa shape index (κ1) is 24.1. The minimum Gasteiger partial charge on any atom is -0.496 e. The summed E-state index contributed by atoms with van der Waals surface area (Å²) in [6.45, 7) is 3.26. The van der Waals surface area contributed by atoms with Gasteiger partial charge in [-0.15, -0.1) is 0 Å². The summed E-state index contributed by atoms with van der Waals surface area (Å²) >= 11 is 6.11. The summed E-state index contributed by atoms with van der Waals surface area (Å²) in [6, 6.07) is 6.77. The van der Waals surface area contributed by atoms with Gasteiger partial charge >= 0.3 is 0 Å². The van der Waals surface area contributed by atoms with E-state index in [4.69, 9.17) is 31.5 Å². The number of unbranched alkanes of at least 4 members (excludes halogenated alkanes) is 1. The zero-order valence-corrected chi connectivity index (χ0v) is 19.3. The fraction of sp³-hybridized carbons (Fsp3) is 0.478. The molecule has 1 amide bonds. The summed E-state index contributed by atoms with van der Waals surface area (Å²) in [5, 5.41) is 3.40. The third kappa shape index (κ3) is 6.48. The van der Waals surface area contributed by atoms with E-state index < -0.39 is 0 Å². The van der Waals surface area contributed by atoms with E-state index in [1.54, 1.807) is 25.6 Å². The number of carbonyl (C=O) groups is 1. The molecule has 9 heteroatoms. The van der Waals surface area contributed by atoms with Gasteiger partial charge in [-0.3, -0.25) is 9.78 Å². The number of methoxy groups -OCH3 is 2. The molecule has 1 saturated heterocycles. The number of likely N-dealkylation sites (tertiary alicyclic amines) is 1. The van der Waals surface area contributed by atoms with Gasteiger partial charge in [-0.05, 0) is 44.0 Å². The Morgan fingerprint density at radius 1 is 1.34 bits per heavy atom. The van der Waals surface area contributed by atoms with Gasteiger partial charge in [0.1, 0.15) is 11.5 Å². The van der Waals surface area contributed by atoms with E-state index in [0.717, 1.165) is 44.6 Å². The number of rotatable bonds is 10. The summed E-state index contributed by atoms with van der Waals surface area (Å²) in [5.74, 6) is 0.934. The maximum Gasteiger partial charge on any atom is 0.255 e. The molecule has 0 saturated carbocycles. The number of piperidine rings is 1. The molecule has 174 valence electrons. The lowest BCUT2D eigenvalue weighted by molar-refractivity contribution is 0.00578. The molecule has 0 aliphatic carbocycles. The number of nitrogen functional groups attached to an aromatic ring is 1. The van der Waals surface area contributed by atoms with E-state index >= 15 is 0 Å². The molecule has 3 rings (SSSR count). The number of nitrogens with zero attached hydrogens (tertiary/aromatic N) is 2. The number of ether oxygens (including phenoxy) is 3. The van der Waals surface area contributed by atoms with Gasteiger partial charge in [-0.1, -0.05) is 11.6 Å². The fourth-order valence-corrected chi connectivity index (χ4v) is 3.97. The summed E-state index contributed by atoms with van der Waals surface area (Å²) in [4.78, 5) is 19.3. The minimum absolute atomic E-state index is 0.0984. The second-order valence-corrected chi connectivity index (χ2v) is 8.17. The second-order valence-electron chi connectivity index (χ2n) is 7.76. The van der Waals surface area contributed by atoms with Gasteiger partial charge in [0.05, 0.1) is 48.3 Å². The molecule has 2 heterocycles. The van der Waals surface area contributed by atoms with Gasteiger partial charge in [-0.25, -0.2) is 0 Å². The summed E-state index contributed by atoms with van der Waals surface area (Å²) in [5.41, 5.74) is 6.55. The molecular formula is C23H31ClN4O4. The number of hydrogen-bond donors (Lipinski definition) is 2. The van der Waals surface area contributed by atoms with Gasteiger partial charge in [0.25, 0.3) is 5.91 Å². The van der Waals surface area contributed by atoms with Gasteiger partial charge in [0.15, 0.2) is 0 Å². The van der Waals surface area contributed by atoms with Crippen LogP contribution < -0.4 is 20.5 Å². The molecule has 2 atom stereocenters. The first-order valence-electron chi connectivity index (χ1n) is 10.7. The van der Waals surface area contributed by atoms with Crippen molar-refractivity contribution in [2.75, 3.05) is 46.2 Å². The van der Waals surface area contributed by atoms with Crippen molar-refractivity contribution in [3.05, 3.63) is 47.2 Å². The van der Waals surface area contributed by atoms with Crippen LogP contribution in [0.4, 0.5) is 5.69 Å². The first-order valence-corrected chi connectivity index (χ1v) is 11.1. The van der Waals surface area contributed by atoms with E-state index in [2.05, 4.69) is 15.2 Å². The van der Waals surface area contributed by atoms with Gasteiger partial charge in [0.2, 0.25) is 0 Å². The second kappa shape index (κ2) is 11.9. The first-order chi connectivity index (χ1) is 15.5. The Hall–Kier alpha value is -2.55. The Bertz CT molecular complexity index is 884. The number of anilines is 1. The molecule has 1 aromatic heterocycles. The normalized spacial score (nSPS) is 18.8. The van der Waals surface area contributed by atoms with E-state index in [1.807, 2.05) is 12.1 Å². The van der Waals surface area contributed by atoms with E-state index in [0.29, 0.717) is 28.6 Å². The van der Waals surface area contributed by atoms with Crippen LogP contribution in [0.15, 0.2) is 36.7 Å². The Labute approximate surface area is 194 Å². The van der Waals surface area contributed by atoms with Crippen molar-refractivity contribution in [3.8, 4) is 11.5 Å². The number of hydrogen-bond acceptors (Lipinski definition) is 7. The Kier molecular flexibility index (Phi) is 8.96. The van der Waals surface area contributed by atoms with Crippen LogP contribution in [0.1, 0.15) is 29.6 Å². The van der Waals surface area contributed by atoms with Crippen LogP contribution in [0, 0.1) is 0 Å². The molecule has 32 heavy (non-hydrogen) atoms. The van der Waals surface area contributed by atoms with Gasteiger partial charge in [-0.2, -0.15) is 0 Å². The Balaban J connectivity index is 1.46. The van der Waals surface area contributed by atoms with Crippen molar-refractivity contribution in [3.63, 3.8) is 0 Å². The standard InChI is InChI=1S/C23H31ClN4O4/c1-30-21-13-19(25)18(24)12-17(21)23(29)27-20-7-10-28(15-22(20)31-2)9-3-4-11-32-16-6-5-8-26-14-16/h5-6,8,12-14,20,22H,3-4,7,9-11,15,25H2,1-2H3,(H,27,29)/t20-,22+/m1/s1. The van der Waals surface area contributed by atoms with Crippen molar-refractivity contribution >= 4 is 23.2 Å². The van der Waals surface area contributed by atoms with Crippen molar-refractivity contribution in [1.29, 1.82) is 0 Å². The van der Waals surface area contributed by atoms with Crippen molar-refractivity contribution < 1.29 is 19.0 Å². The Morgan fingerprint density at radius 2 is 2.19 bits per heavy atom. The molecule has 8 nitrogen and oxygen atoms in total. The maximum atomic E-state index is 12.9. The number of carbonyl (C=O) groups excluding carboxylic acids is 1. The zero-order valence-electron chi connectivity index (χ0n) is 18.6. The number of halogens is 1. The highest BCUT2D eigenvalue weighted by Gasteiger charge is 2.31. The molecule has 1 aliphatic heterocycles. The average molecular weight is 463 g/mol. The average Bonchev–Trinajstić information content (AvgIpc) is 2.81. The molecule has 0 unspecified atom stereocenters. The monoisotopic (exact) mass is 462 g/mol. The van der Waals surface area contributed by atoms with Crippen LogP contribution in [0.25, 0.3) is 0 Å². The number of benzene rings is 1. The number of nitrogens with two attached hydrogens (primary N) is 1. The highest BCUT2D eigenvalue weighted by molar-refractivity contribution is 6.33. The van der Waals surface area contributed by atoms with E-state index in [-0.39, 0.29) is 18.1 Å². The van der Waals surface area contributed by atoms with Crippen molar-refractivity contribution in [2.45, 2.75) is 31.4 Å². The Morgan fingerprint density at radius 3 is 2.91 bits per heavy atom. The van der Waals surface area contributed by atoms with Gasteiger partial charge < -0.3 is 30.2 Å². The quantitative estimate of drug-likeness (QED) is 0.413. The molecule has 1 aliphatic rings. The fourth-order valence-electron chi connectivity index (χ4n) is 3.81. The van der Waals surface area contributed by atoms with E-state index in [9.17, 15) is 4.79 Å². The smallest absolute Gasteiger partial charge is 0.255 e. The van der Waals surface area contributed by atoms with Crippen LogP contribution in [-0.2, 0) is 4.74 Å². The molecule has 2 aromatic rings. The van der Waals surface area contributed by atoms with Crippen LogP contribution in [0.5, 0.6) is 11.5 Å². The lowest BCUT2D eigenvalue weighted by Crippen LogP contribution is -2.54. The molecule has 0 bridgehead atoms. The topological polar surface area (TPSA) is 98.9 Å². The molecule has 0 radical (unpaired) electrons. The lowest BCUT2D eigenvalue weighted by Gasteiger charge is -2.38. The SMILES string of the molecule is COc1cc(N)c(Cl)cc1C(=O)N[C@@H]1CCN(CCCCOc2cccnc2)C[C@@H]1OC. The highest BCUT2D eigenvalue weighted by Crippen LogP contribution is 2.29. The van der Waals surface area contributed by atoms with E-state index in [1.165, 1.54) is 13.2 Å². The molecule has 0 spiro atoms. The third-order valence-corrected chi connectivity index (χ3v) is 5.93. The maximum absolute atomic E-state index is 12.9. The van der Waals surface area contributed by atoms with Crippen LogP contribution in [-0.4, -0.2) is 68.4 Å². The largest absolute Gasteiger partial charge is 0.496 e. The van der Waals surface area contributed by atoms with Gasteiger partial charge in [0, 0.05) is 32.5 Å². The number of amides is 1. The molecule has 1 fully saturated rings. The van der Waals surface area contributed by atoms with Crippen LogP contribution in [0.2, 0.25) is 5.02 Å². The van der Waals surface area contributed by atoms with Crippen LogP contribution in [0.3, 0.4) is 0 Å². The summed E-state index contributed by atoms with van der Waals surface area (Å²) in [7, 11) is 3.17. The predicted molar refractivity (Wildman–Crippen MR) is 124 cm³/mol. The molecule has 3 N–H and O–H groups in total. The summed E-state index contributed by atoms with van der Waals surface area (Å²) in [6.07, 6.45) is 6.12. The predicted octanol–water partition coefficient (Wildman–Crippen LogP) is 3.00. The van der Waals surface area contributed by atoms with Crippen molar-refractivity contribution in [1.82, 2.24) is 15.2 Å². The minimum atomic E-state index is -0.253. The highest BCUT2D eigenvalue weighted by atomic mass is 35.5. The molecular weight excluding hydrogens is 432 g/mol. The van der Waals surface area contributed by atoms with Crippen molar-refractivity contribution in [2.24, 2.45) is 0 Å². The number of nitrogens with one attached hydrogen (secondary N) is 1.